The average molecular weight is 1230 g/mol. The van der Waals surface area contributed by atoms with E-state index in [1.165, 1.54) is 64.2 Å². The second kappa shape index (κ2) is 27.7. The van der Waals surface area contributed by atoms with Crippen molar-refractivity contribution < 1.29 is 76.3 Å². The third kappa shape index (κ3) is 15.0. The number of carbonyl (C=O) groups excluding carboxylic acids is 8. The highest BCUT2D eigenvalue weighted by Crippen LogP contribution is 2.62. The van der Waals surface area contributed by atoms with Crippen molar-refractivity contribution in [1.29, 1.82) is 0 Å². The lowest BCUT2D eigenvalue weighted by Crippen LogP contribution is -2.59. The second-order valence-electron chi connectivity index (χ2n) is 30.1. The molecule has 88 heavy (non-hydrogen) atoms. The molecule has 14 aliphatic rings. The van der Waals surface area contributed by atoms with E-state index in [2.05, 4.69) is 47.1 Å². The van der Waals surface area contributed by atoms with Crippen LogP contribution in [0.3, 0.4) is 0 Å². The van der Waals surface area contributed by atoms with Crippen molar-refractivity contribution in [2.24, 2.45) is 82.9 Å². The fraction of sp³-hybridized carbons (Fsp3) is 0.778. The number of hydrogen-bond donors (Lipinski definition) is 0. The molecule has 0 amide bonds. The van der Waals surface area contributed by atoms with E-state index in [0.29, 0.717) is 57.8 Å². The summed E-state index contributed by atoms with van der Waals surface area (Å²) in [4.78, 5) is 95.8. The fourth-order valence-electron chi connectivity index (χ4n) is 19.3. The Kier molecular flexibility index (Phi) is 21.1. The zero-order valence-corrected chi connectivity index (χ0v) is 54.4. The van der Waals surface area contributed by atoms with Gasteiger partial charge in [-0.2, -0.15) is 0 Å². The highest BCUT2D eigenvalue weighted by molar-refractivity contribution is 5.89. The van der Waals surface area contributed by atoms with Crippen LogP contribution in [0.25, 0.3) is 0 Å². The Morgan fingerprint density at radius 1 is 0.398 bits per heavy atom. The maximum absolute atomic E-state index is 12.7. The molecule has 0 aromatic rings. The maximum atomic E-state index is 12.7. The van der Waals surface area contributed by atoms with Gasteiger partial charge in [0.1, 0.15) is 34.6 Å². The van der Waals surface area contributed by atoms with Gasteiger partial charge in [-0.3, -0.25) is 9.59 Å². The van der Waals surface area contributed by atoms with Crippen molar-refractivity contribution in [2.45, 2.75) is 257 Å². The van der Waals surface area contributed by atoms with Gasteiger partial charge in [-0.15, -0.1) is 0 Å². The Hall–Kier alpha value is -5.28. The summed E-state index contributed by atoms with van der Waals surface area (Å²) in [5.74, 6) is 3.60. The van der Waals surface area contributed by atoms with Crippen molar-refractivity contribution in [3.05, 3.63) is 48.6 Å². The number of ether oxygens (including phenoxy) is 8. The summed E-state index contributed by atoms with van der Waals surface area (Å²) >= 11 is 0. The normalized spacial score (nSPS) is 37.0. The van der Waals surface area contributed by atoms with E-state index in [1.54, 1.807) is 27.7 Å². The monoisotopic (exact) mass is 1220 g/mol. The first kappa shape index (κ1) is 67.1. The molecule has 0 aromatic carbocycles. The van der Waals surface area contributed by atoms with Gasteiger partial charge < -0.3 is 37.9 Å². The van der Waals surface area contributed by atoms with Crippen LogP contribution in [-0.2, 0) is 76.3 Å². The van der Waals surface area contributed by atoms with E-state index in [4.69, 9.17) is 37.9 Å². The van der Waals surface area contributed by atoms with Gasteiger partial charge in [0.15, 0.2) is 13.2 Å². The van der Waals surface area contributed by atoms with Crippen LogP contribution in [-0.4, -0.2) is 95.6 Å². The van der Waals surface area contributed by atoms with Crippen molar-refractivity contribution in [3.63, 3.8) is 0 Å². The lowest BCUT2D eigenvalue weighted by molar-refractivity contribution is -0.214. The molecule has 0 radical (unpaired) electrons. The van der Waals surface area contributed by atoms with Crippen molar-refractivity contribution in [1.82, 2.24) is 0 Å². The standard InChI is InChI=1S/C19H28O4.2C18H26O4.C17H24O4/c1-4-19(7-5-6-8-19)23-18(21)15-10-13-9-14(15)16(11-13)22-17(20)12(2)3;1-11(2)16(19)21-15-10-12-8-13(15)14(9-12)17(20)22-18(3)6-4-5-7-18;1-4-18(22-16(19)10-21-17(20)11(2)3)14-6-12-5-13(8-14)9-15(18)7-12;1-10(2)16(19)20-9-15(18)21-17(3)13-5-11-4-12(7-13)8-14(17)6-11/h13-16H,2,4-11H2,1,3H3;12-15H,1,4-10H2,2-3H3;12-15H,2,4-10H2,1,3H3;11-14H,1,4-9H2,2-3H3. The summed E-state index contributed by atoms with van der Waals surface area (Å²) in [6.45, 7) is 28.5. The van der Waals surface area contributed by atoms with Crippen LogP contribution in [0.15, 0.2) is 48.6 Å². The van der Waals surface area contributed by atoms with E-state index in [1.807, 2.05) is 6.92 Å². The summed E-state index contributed by atoms with van der Waals surface area (Å²) in [6.07, 6.45) is 27.7. The number of carbonyl (C=O) groups is 8. The average Bonchev–Trinajstić information content (AvgIpc) is 2.17. The SMILES string of the molecule is C=C(C)C(=O)OC1CC2CC(C(=O)OC3(C)CCCC3)C1C2.C=C(C)C(=O)OC1CC2CC(C(=O)OC3(CC)CCCC3)C1C2.C=C(C)C(=O)OCC(=O)OC1(C)C2CC3CC(C2)CC1C3.C=C(C)C(=O)OCC(=O)OC1(CC)C2CC3CC(C2)CC1C3. The molecule has 14 aliphatic carbocycles. The van der Waals surface area contributed by atoms with Gasteiger partial charge >= 0.3 is 47.8 Å². The molecule has 14 saturated carbocycles. The Labute approximate surface area is 523 Å². The summed E-state index contributed by atoms with van der Waals surface area (Å²) < 4.78 is 44.5. The minimum absolute atomic E-state index is 0.0580. The number of fused-ring (bicyclic) bond motifs is 4. The molecule has 488 valence electrons. The number of esters is 8. The Bertz CT molecular complexity index is 2630. The molecular weight excluding hydrogens is 1120 g/mol. The van der Waals surface area contributed by atoms with Crippen LogP contribution >= 0.6 is 0 Å². The Morgan fingerprint density at radius 2 is 0.761 bits per heavy atom. The molecule has 16 heteroatoms. The first-order valence-electron chi connectivity index (χ1n) is 33.9. The minimum Gasteiger partial charge on any atom is -0.459 e. The van der Waals surface area contributed by atoms with E-state index in [9.17, 15) is 38.4 Å². The predicted octanol–water partition coefficient (Wildman–Crippen LogP) is 13.3. The molecule has 0 spiro atoms. The lowest BCUT2D eigenvalue weighted by atomic mass is 9.49. The molecule has 0 aliphatic heterocycles. The topological polar surface area (TPSA) is 210 Å². The zero-order valence-electron chi connectivity index (χ0n) is 54.4. The van der Waals surface area contributed by atoms with Gasteiger partial charge in [0.05, 0.1) is 11.8 Å². The maximum Gasteiger partial charge on any atom is 0.344 e. The van der Waals surface area contributed by atoms with Crippen LogP contribution in [0.4, 0.5) is 0 Å². The second-order valence-corrected chi connectivity index (χ2v) is 30.1. The van der Waals surface area contributed by atoms with Gasteiger partial charge in [0.2, 0.25) is 0 Å². The van der Waals surface area contributed by atoms with Crippen LogP contribution < -0.4 is 0 Å². The predicted molar refractivity (Wildman–Crippen MR) is 328 cm³/mol. The van der Waals surface area contributed by atoms with Crippen LogP contribution in [0.5, 0.6) is 0 Å². The molecule has 12 bridgehead atoms. The third-order valence-corrected chi connectivity index (χ3v) is 23.6. The summed E-state index contributed by atoms with van der Waals surface area (Å²) in [5.41, 5.74) is 0.241. The molecule has 14 fully saturated rings. The molecule has 8 unspecified atom stereocenters. The van der Waals surface area contributed by atoms with E-state index in [-0.39, 0.29) is 95.4 Å². The van der Waals surface area contributed by atoms with E-state index in [0.717, 1.165) is 126 Å². The summed E-state index contributed by atoms with van der Waals surface area (Å²) in [5, 5.41) is 0. The molecule has 0 saturated heterocycles. The molecule has 8 atom stereocenters. The summed E-state index contributed by atoms with van der Waals surface area (Å²) in [7, 11) is 0. The number of rotatable bonds is 18. The van der Waals surface area contributed by atoms with Crippen LogP contribution in [0, 0.1) is 82.9 Å². The highest BCUT2D eigenvalue weighted by atomic mass is 16.6. The van der Waals surface area contributed by atoms with Crippen LogP contribution in [0.2, 0.25) is 0 Å². The molecule has 16 nitrogen and oxygen atoms in total. The van der Waals surface area contributed by atoms with Gasteiger partial charge in [-0.05, 0) is 268 Å². The first-order chi connectivity index (χ1) is 41.6. The summed E-state index contributed by atoms with van der Waals surface area (Å²) in [6, 6.07) is 0. The Balaban J connectivity index is 0.000000140. The zero-order chi connectivity index (χ0) is 63.6. The lowest BCUT2D eigenvalue weighted by Gasteiger charge is -2.60. The largest absolute Gasteiger partial charge is 0.459 e. The van der Waals surface area contributed by atoms with Gasteiger partial charge in [-0.1, -0.05) is 40.2 Å². The van der Waals surface area contributed by atoms with E-state index >= 15 is 0 Å². The fourth-order valence-corrected chi connectivity index (χ4v) is 19.3. The third-order valence-electron chi connectivity index (χ3n) is 23.6. The van der Waals surface area contributed by atoms with E-state index < -0.39 is 23.9 Å². The minimum atomic E-state index is -0.540. The highest BCUT2D eigenvalue weighted by Gasteiger charge is 2.60. The number of hydrogen-bond acceptors (Lipinski definition) is 16. The van der Waals surface area contributed by atoms with Crippen molar-refractivity contribution in [2.75, 3.05) is 13.2 Å². The molecular formula is C72H104O16. The van der Waals surface area contributed by atoms with Gasteiger partial charge in [0, 0.05) is 34.1 Å². The first-order valence-corrected chi connectivity index (χ1v) is 33.9. The van der Waals surface area contributed by atoms with Crippen LogP contribution in [0.1, 0.15) is 222 Å². The van der Waals surface area contributed by atoms with Gasteiger partial charge in [-0.25, -0.2) is 28.8 Å². The smallest absolute Gasteiger partial charge is 0.344 e. The van der Waals surface area contributed by atoms with Gasteiger partial charge in [0.25, 0.3) is 0 Å². The van der Waals surface area contributed by atoms with Crippen molar-refractivity contribution in [3.8, 4) is 0 Å². The molecule has 14 rings (SSSR count). The molecule has 0 N–H and O–H groups in total. The molecule has 0 heterocycles. The van der Waals surface area contributed by atoms with Crippen molar-refractivity contribution >= 4 is 47.8 Å². The molecule has 0 aromatic heterocycles. The quantitative estimate of drug-likeness (QED) is 0.0709. The Morgan fingerprint density at radius 3 is 1.14 bits per heavy atom.